The minimum absolute atomic E-state index is 0.127. The van der Waals surface area contributed by atoms with Crippen LogP contribution in [0.1, 0.15) is 41.6 Å². The summed E-state index contributed by atoms with van der Waals surface area (Å²) in [6, 6.07) is 2.78. The molecule has 0 aromatic heterocycles. The SMILES string of the molecule is CC1CCC(=O)c2c(F)ccc(Cl)c21. The number of fused-ring (bicyclic) bond motifs is 1. The Hall–Kier alpha value is -0.890. The van der Waals surface area contributed by atoms with Crippen LogP contribution in [0.3, 0.4) is 0 Å². The molecule has 1 aromatic rings. The van der Waals surface area contributed by atoms with Crippen molar-refractivity contribution in [2.45, 2.75) is 25.7 Å². The van der Waals surface area contributed by atoms with E-state index in [2.05, 4.69) is 0 Å². The smallest absolute Gasteiger partial charge is 0.166 e. The first kappa shape index (κ1) is 9.66. The van der Waals surface area contributed by atoms with Crippen LogP contribution in [0.4, 0.5) is 4.39 Å². The van der Waals surface area contributed by atoms with Gasteiger partial charge in [-0.25, -0.2) is 4.39 Å². The van der Waals surface area contributed by atoms with Crippen molar-refractivity contribution in [1.82, 2.24) is 0 Å². The number of Topliss-reactive ketones (excluding diaryl/α,β-unsaturated/α-hetero) is 1. The summed E-state index contributed by atoms with van der Waals surface area (Å²) in [5.74, 6) is -0.398. The summed E-state index contributed by atoms with van der Waals surface area (Å²) in [5, 5.41) is 0.502. The molecule has 0 spiro atoms. The van der Waals surface area contributed by atoms with Gasteiger partial charge >= 0.3 is 0 Å². The highest BCUT2D eigenvalue weighted by atomic mass is 35.5. The van der Waals surface area contributed by atoms with Gasteiger partial charge in [-0.15, -0.1) is 0 Å². The molecule has 0 saturated heterocycles. The number of ketones is 1. The van der Waals surface area contributed by atoms with Crippen molar-refractivity contribution in [3.63, 3.8) is 0 Å². The number of hydrogen-bond donors (Lipinski definition) is 0. The lowest BCUT2D eigenvalue weighted by atomic mass is 9.83. The first-order chi connectivity index (χ1) is 6.61. The molecule has 2 rings (SSSR count). The Labute approximate surface area is 86.9 Å². The van der Waals surface area contributed by atoms with Crippen LogP contribution in [0.5, 0.6) is 0 Å². The molecule has 1 aromatic carbocycles. The summed E-state index contributed by atoms with van der Waals surface area (Å²) in [5.41, 5.74) is 0.888. The Bertz CT molecular complexity index is 401. The predicted molar refractivity (Wildman–Crippen MR) is 53.4 cm³/mol. The molecule has 3 heteroatoms. The molecule has 0 aliphatic heterocycles. The monoisotopic (exact) mass is 212 g/mol. The van der Waals surface area contributed by atoms with Gasteiger partial charge in [-0.3, -0.25) is 4.79 Å². The summed E-state index contributed by atoms with van der Waals surface area (Å²) in [6.07, 6.45) is 1.18. The molecule has 1 nitrogen and oxygen atoms in total. The molecule has 1 unspecified atom stereocenters. The number of carbonyl (C=O) groups excluding carboxylic acids is 1. The second-order valence-corrected chi connectivity index (χ2v) is 4.09. The van der Waals surface area contributed by atoms with Crippen LogP contribution in [0, 0.1) is 5.82 Å². The molecule has 0 N–H and O–H groups in total. The van der Waals surface area contributed by atoms with Gasteiger partial charge in [0.05, 0.1) is 5.56 Å². The van der Waals surface area contributed by atoms with E-state index in [1.807, 2.05) is 6.92 Å². The van der Waals surface area contributed by atoms with Gasteiger partial charge in [-0.05, 0) is 30.0 Å². The first-order valence-electron chi connectivity index (χ1n) is 4.62. The molecule has 1 atom stereocenters. The maximum Gasteiger partial charge on any atom is 0.166 e. The third-order valence-electron chi connectivity index (χ3n) is 2.72. The normalized spacial score (nSPS) is 20.8. The number of halogens is 2. The Morgan fingerprint density at radius 3 is 2.86 bits per heavy atom. The predicted octanol–water partition coefficient (Wildman–Crippen LogP) is 3.56. The van der Waals surface area contributed by atoms with Crippen molar-refractivity contribution in [3.05, 3.63) is 34.1 Å². The molecule has 0 bridgehead atoms. The number of rotatable bonds is 0. The number of hydrogen-bond acceptors (Lipinski definition) is 1. The zero-order valence-corrected chi connectivity index (χ0v) is 8.57. The molecule has 1 aliphatic carbocycles. The van der Waals surface area contributed by atoms with Crippen LogP contribution < -0.4 is 0 Å². The van der Waals surface area contributed by atoms with E-state index in [0.29, 0.717) is 17.0 Å². The lowest BCUT2D eigenvalue weighted by molar-refractivity contribution is 0.0963. The fourth-order valence-electron chi connectivity index (χ4n) is 1.95. The van der Waals surface area contributed by atoms with E-state index in [4.69, 9.17) is 11.6 Å². The average Bonchev–Trinajstić information content (AvgIpc) is 2.16. The maximum atomic E-state index is 13.4. The van der Waals surface area contributed by atoms with Crippen molar-refractivity contribution in [2.75, 3.05) is 0 Å². The van der Waals surface area contributed by atoms with Crippen molar-refractivity contribution in [2.24, 2.45) is 0 Å². The van der Waals surface area contributed by atoms with Crippen molar-refractivity contribution in [1.29, 1.82) is 0 Å². The second kappa shape index (κ2) is 3.35. The number of benzene rings is 1. The van der Waals surface area contributed by atoms with Crippen LogP contribution in [-0.2, 0) is 0 Å². The molecule has 0 amide bonds. The minimum atomic E-state index is -0.444. The van der Waals surface area contributed by atoms with Gasteiger partial charge in [0.1, 0.15) is 5.82 Å². The van der Waals surface area contributed by atoms with Crippen molar-refractivity contribution in [3.8, 4) is 0 Å². The highest BCUT2D eigenvalue weighted by molar-refractivity contribution is 6.32. The van der Waals surface area contributed by atoms with Crippen LogP contribution in [0.15, 0.2) is 12.1 Å². The molecule has 0 heterocycles. The average molecular weight is 213 g/mol. The molecule has 74 valence electrons. The van der Waals surface area contributed by atoms with Gasteiger partial charge in [0, 0.05) is 11.4 Å². The van der Waals surface area contributed by atoms with E-state index in [1.54, 1.807) is 0 Å². The van der Waals surface area contributed by atoms with E-state index in [9.17, 15) is 9.18 Å². The summed E-state index contributed by atoms with van der Waals surface area (Å²) in [4.78, 5) is 11.5. The maximum absolute atomic E-state index is 13.4. The summed E-state index contributed by atoms with van der Waals surface area (Å²) >= 11 is 5.96. The lowest BCUT2D eigenvalue weighted by Crippen LogP contribution is -2.16. The first-order valence-corrected chi connectivity index (χ1v) is 5.00. The summed E-state index contributed by atoms with van der Waals surface area (Å²) in [7, 11) is 0. The van der Waals surface area contributed by atoms with E-state index in [0.717, 1.165) is 6.42 Å². The molecule has 0 fully saturated rings. The van der Waals surface area contributed by atoms with Gasteiger partial charge < -0.3 is 0 Å². The molecule has 0 saturated carbocycles. The Balaban J connectivity index is 2.71. The molecule has 14 heavy (non-hydrogen) atoms. The molecule has 1 aliphatic rings. The fraction of sp³-hybridized carbons (Fsp3) is 0.364. The Morgan fingerprint density at radius 2 is 2.21 bits per heavy atom. The quantitative estimate of drug-likeness (QED) is 0.643. The Kier molecular flexibility index (Phi) is 2.31. The van der Waals surface area contributed by atoms with Crippen LogP contribution in [0.2, 0.25) is 5.02 Å². The van der Waals surface area contributed by atoms with Gasteiger partial charge in [-0.1, -0.05) is 18.5 Å². The fourth-order valence-corrected chi connectivity index (χ4v) is 2.29. The highest BCUT2D eigenvalue weighted by Crippen LogP contribution is 2.37. The van der Waals surface area contributed by atoms with Crippen LogP contribution >= 0.6 is 11.6 Å². The van der Waals surface area contributed by atoms with Gasteiger partial charge in [-0.2, -0.15) is 0 Å². The second-order valence-electron chi connectivity index (χ2n) is 3.68. The molecular formula is C11H10ClFO. The third kappa shape index (κ3) is 1.34. The summed E-state index contributed by atoms with van der Waals surface area (Å²) < 4.78 is 13.4. The van der Waals surface area contributed by atoms with Crippen LogP contribution in [-0.4, -0.2) is 5.78 Å². The molecular weight excluding hydrogens is 203 g/mol. The van der Waals surface area contributed by atoms with Gasteiger partial charge in [0.15, 0.2) is 5.78 Å². The van der Waals surface area contributed by atoms with Crippen molar-refractivity contribution < 1.29 is 9.18 Å². The van der Waals surface area contributed by atoms with Crippen molar-refractivity contribution >= 4 is 17.4 Å². The topological polar surface area (TPSA) is 17.1 Å². The Morgan fingerprint density at radius 1 is 1.50 bits per heavy atom. The van der Waals surface area contributed by atoms with E-state index in [-0.39, 0.29) is 17.3 Å². The van der Waals surface area contributed by atoms with Gasteiger partial charge in [0.25, 0.3) is 0 Å². The van der Waals surface area contributed by atoms with Crippen LogP contribution in [0.25, 0.3) is 0 Å². The summed E-state index contributed by atoms with van der Waals surface area (Å²) in [6.45, 7) is 1.97. The zero-order valence-electron chi connectivity index (χ0n) is 7.81. The van der Waals surface area contributed by atoms with Gasteiger partial charge in [0.2, 0.25) is 0 Å². The largest absolute Gasteiger partial charge is 0.294 e. The minimum Gasteiger partial charge on any atom is -0.294 e. The highest BCUT2D eigenvalue weighted by Gasteiger charge is 2.27. The van der Waals surface area contributed by atoms with E-state index < -0.39 is 5.82 Å². The standard InChI is InChI=1S/C11H10ClFO/c1-6-2-5-9(14)11-8(13)4-3-7(12)10(6)11/h3-4,6H,2,5H2,1H3. The third-order valence-corrected chi connectivity index (χ3v) is 3.05. The van der Waals surface area contributed by atoms with E-state index >= 15 is 0 Å². The van der Waals surface area contributed by atoms with E-state index in [1.165, 1.54) is 12.1 Å². The number of carbonyl (C=O) groups is 1. The zero-order chi connectivity index (χ0) is 10.3. The lowest BCUT2D eigenvalue weighted by Gasteiger charge is -2.22. The molecule has 0 radical (unpaired) electrons.